The van der Waals surface area contributed by atoms with Crippen LogP contribution >= 0.6 is 22.9 Å². The number of benzene rings is 1. The molecule has 2 aliphatic rings. The Bertz CT molecular complexity index is 1440. The van der Waals surface area contributed by atoms with Gasteiger partial charge in [-0.25, -0.2) is 9.78 Å². The van der Waals surface area contributed by atoms with Crippen LogP contribution in [0, 0.1) is 6.92 Å². The Kier molecular flexibility index (Phi) is 6.90. The van der Waals surface area contributed by atoms with E-state index in [0.717, 1.165) is 77.7 Å². The van der Waals surface area contributed by atoms with Gasteiger partial charge in [-0.1, -0.05) is 28.9 Å². The number of ether oxygens (including phenoxy) is 1. The highest BCUT2D eigenvalue weighted by molar-refractivity contribution is 7.14. The number of anilines is 1. The molecule has 0 amide bonds. The third-order valence-corrected chi connectivity index (χ3v) is 8.38. The number of thiazole rings is 1. The van der Waals surface area contributed by atoms with Gasteiger partial charge in [0.15, 0.2) is 5.13 Å². The van der Waals surface area contributed by atoms with E-state index in [0.29, 0.717) is 23.2 Å². The summed E-state index contributed by atoms with van der Waals surface area (Å²) in [5.41, 5.74) is 5.40. The van der Waals surface area contributed by atoms with Gasteiger partial charge in [-0.15, -0.1) is 11.3 Å². The van der Waals surface area contributed by atoms with Gasteiger partial charge in [0, 0.05) is 41.7 Å². The lowest BCUT2D eigenvalue weighted by Crippen LogP contribution is -2.37. The van der Waals surface area contributed by atoms with Gasteiger partial charge in [-0.3, -0.25) is 4.98 Å². The van der Waals surface area contributed by atoms with Crippen LogP contribution in [-0.4, -0.2) is 45.4 Å². The molecular formula is C28H27ClN4O4S. The first-order valence-electron chi connectivity index (χ1n) is 12.7. The van der Waals surface area contributed by atoms with Crippen LogP contribution < -0.4 is 4.90 Å². The van der Waals surface area contributed by atoms with Gasteiger partial charge in [0.05, 0.1) is 29.0 Å². The third-order valence-electron chi connectivity index (χ3n) is 7.17. The van der Waals surface area contributed by atoms with E-state index in [1.807, 2.05) is 30.5 Å². The fraction of sp³-hybridized carbons (Fsp3) is 0.357. The first-order valence-corrected chi connectivity index (χ1v) is 14.0. The summed E-state index contributed by atoms with van der Waals surface area (Å²) >= 11 is 8.14. The van der Waals surface area contributed by atoms with Gasteiger partial charge < -0.3 is 19.3 Å². The molecule has 6 rings (SSSR count). The number of aryl methyl sites for hydroxylation is 1. The van der Waals surface area contributed by atoms with E-state index in [2.05, 4.69) is 15.0 Å². The maximum absolute atomic E-state index is 11.1. The lowest BCUT2D eigenvalue weighted by molar-refractivity contribution is 0.0246. The highest BCUT2D eigenvalue weighted by Gasteiger charge is 2.34. The van der Waals surface area contributed by atoms with Crippen LogP contribution in [0.1, 0.15) is 58.8 Å². The van der Waals surface area contributed by atoms with E-state index in [1.165, 1.54) is 6.20 Å². The van der Waals surface area contributed by atoms with Crippen molar-refractivity contribution in [2.24, 2.45) is 0 Å². The molecule has 38 heavy (non-hydrogen) atoms. The number of hydrogen-bond acceptors (Lipinski definition) is 8. The standard InChI is InChI=1S/C28H27ClN4O4S/c1-16-3-2-4-21(29)24(16)25-20(26(37-32-25)17-5-6-17)14-36-19-9-11-33(12-10-19)28-31-23(15-38-28)22-8-7-18(13-30-22)27(34)35/h2-4,7-8,13,15,17,19H,5-6,9-12,14H2,1H3,(H,34,35). The summed E-state index contributed by atoms with van der Waals surface area (Å²) in [4.78, 5) is 22.4. The Morgan fingerprint density at radius 3 is 2.68 bits per heavy atom. The summed E-state index contributed by atoms with van der Waals surface area (Å²) < 4.78 is 12.3. The normalized spacial score (nSPS) is 16.2. The molecule has 1 saturated heterocycles. The number of piperidine rings is 1. The molecule has 2 fully saturated rings. The Hall–Kier alpha value is -3.27. The zero-order valence-corrected chi connectivity index (χ0v) is 22.5. The Labute approximate surface area is 229 Å². The molecule has 3 aromatic heterocycles. The SMILES string of the molecule is Cc1cccc(Cl)c1-c1noc(C2CC2)c1COC1CCN(c2nc(-c3ccc(C(=O)O)cn3)cs2)CC1. The van der Waals surface area contributed by atoms with Crippen molar-refractivity contribution in [2.75, 3.05) is 18.0 Å². The number of halogens is 1. The summed E-state index contributed by atoms with van der Waals surface area (Å²) in [5.74, 6) is 0.376. The third kappa shape index (κ3) is 5.06. The van der Waals surface area contributed by atoms with E-state index < -0.39 is 5.97 Å². The summed E-state index contributed by atoms with van der Waals surface area (Å²) in [6.07, 6.45) is 5.53. The first-order chi connectivity index (χ1) is 18.5. The monoisotopic (exact) mass is 550 g/mol. The summed E-state index contributed by atoms with van der Waals surface area (Å²) in [6, 6.07) is 9.12. The number of aromatic nitrogens is 3. The lowest BCUT2D eigenvalue weighted by atomic mass is 10.0. The fourth-order valence-electron chi connectivity index (χ4n) is 4.87. The molecule has 196 valence electrons. The van der Waals surface area contributed by atoms with Crippen LogP contribution in [0.2, 0.25) is 5.02 Å². The van der Waals surface area contributed by atoms with Gasteiger partial charge in [-0.2, -0.15) is 0 Å². The van der Waals surface area contributed by atoms with E-state index in [1.54, 1.807) is 23.5 Å². The lowest BCUT2D eigenvalue weighted by Gasteiger charge is -2.31. The molecule has 0 radical (unpaired) electrons. The van der Waals surface area contributed by atoms with E-state index in [4.69, 9.17) is 31.0 Å². The Morgan fingerprint density at radius 1 is 1.18 bits per heavy atom. The number of rotatable bonds is 8. The molecule has 0 atom stereocenters. The maximum Gasteiger partial charge on any atom is 0.337 e. The van der Waals surface area contributed by atoms with Crippen molar-refractivity contribution in [1.29, 1.82) is 0 Å². The van der Waals surface area contributed by atoms with Crippen LogP contribution in [0.25, 0.3) is 22.6 Å². The van der Waals surface area contributed by atoms with Crippen LogP contribution in [0.5, 0.6) is 0 Å². The number of hydrogen-bond donors (Lipinski definition) is 1. The summed E-state index contributed by atoms with van der Waals surface area (Å²) in [6.45, 7) is 4.19. The van der Waals surface area contributed by atoms with Gasteiger partial charge in [0.1, 0.15) is 17.1 Å². The van der Waals surface area contributed by atoms with E-state index in [9.17, 15) is 4.79 Å². The van der Waals surface area contributed by atoms with Crippen molar-refractivity contribution in [3.63, 3.8) is 0 Å². The molecule has 1 aliphatic heterocycles. The quantitative estimate of drug-likeness (QED) is 0.262. The molecule has 4 heterocycles. The number of nitrogens with zero attached hydrogens (tertiary/aromatic N) is 4. The number of carboxylic acids is 1. The van der Waals surface area contributed by atoms with E-state index >= 15 is 0 Å². The van der Waals surface area contributed by atoms with Gasteiger partial charge in [-0.05, 0) is 56.4 Å². The predicted molar refractivity (Wildman–Crippen MR) is 146 cm³/mol. The number of carbonyl (C=O) groups is 1. The van der Waals surface area contributed by atoms with Crippen molar-refractivity contribution in [1.82, 2.24) is 15.1 Å². The molecule has 0 spiro atoms. The second-order valence-corrected chi connectivity index (χ2v) is 11.1. The first kappa shape index (κ1) is 25.0. The number of pyridine rings is 1. The van der Waals surface area contributed by atoms with Crippen molar-refractivity contribution in [3.8, 4) is 22.6 Å². The summed E-state index contributed by atoms with van der Waals surface area (Å²) in [5, 5.41) is 17.1. The molecule has 1 aromatic carbocycles. The predicted octanol–water partition coefficient (Wildman–Crippen LogP) is 6.58. The molecule has 0 unspecified atom stereocenters. The Balaban J connectivity index is 1.10. The average molecular weight is 551 g/mol. The minimum absolute atomic E-state index is 0.137. The van der Waals surface area contributed by atoms with Crippen LogP contribution in [0.4, 0.5) is 5.13 Å². The molecule has 4 aromatic rings. The molecule has 0 bridgehead atoms. The van der Waals surface area contributed by atoms with Crippen molar-refractivity contribution < 1.29 is 19.2 Å². The molecular weight excluding hydrogens is 524 g/mol. The molecule has 1 saturated carbocycles. The Morgan fingerprint density at radius 2 is 2.00 bits per heavy atom. The zero-order chi connectivity index (χ0) is 26.2. The van der Waals surface area contributed by atoms with Crippen LogP contribution in [0.3, 0.4) is 0 Å². The van der Waals surface area contributed by atoms with Crippen molar-refractivity contribution in [3.05, 3.63) is 69.4 Å². The molecule has 10 heteroatoms. The second kappa shape index (κ2) is 10.5. The highest BCUT2D eigenvalue weighted by atomic mass is 35.5. The molecule has 1 aliphatic carbocycles. The average Bonchev–Trinajstić information content (AvgIpc) is 3.49. The van der Waals surface area contributed by atoms with Crippen LogP contribution in [-0.2, 0) is 11.3 Å². The van der Waals surface area contributed by atoms with Gasteiger partial charge in [0.2, 0.25) is 0 Å². The maximum atomic E-state index is 11.1. The van der Waals surface area contributed by atoms with Gasteiger partial charge >= 0.3 is 5.97 Å². The fourth-order valence-corrected chi connectivity index (χ4v) is 6.05. The topological polar surface area (TPSA) is 102 Å². The minimum atomic E-state index is -0.990. The van der Waals surface area contributed by atoms with Crippen molar-refractivity contribution in [2.45, 2.75) is 51.2 Å². The van der Waals surface area contributed by atoms with Crippen molar-refractivity contribution >= 4 is 34.0 Å². The smallest absolute Gasteiger partial charge is 0.337 e. The van der Waals surface area contributed by atoms with Crippen LogP contribution in [0.15, 0.2) is 46.4 Å². The molecule has 8 nitrogen and oxygen atoms in total. The number of aromatic carboxylic acids is 1. The largest absolute Gasteiger partial charge is 0.478 e. The second-order valence-electron chi connectivity index (χ2n) is 9.83. The van der Waals surface area contributed by atoms with Gasteiger partial charge in [0.25, 0.3) is 0 Å². The number of carboxylic acid groups (broad SMARTS) is 1. The highest BCUT2D eigenvalue weighted by Crippen LogP contribution is 2.45. The van der Waals surface area contributed by atoms with E-state index in [-0.39, 0.29) is 11.7 Å². The molecule has 1 N–H and O–H groups in total. The summed E-state index contributed by atoms with van der Waals surface area (Å²) in [7, 11) is 0. The minimum Gasteiger partial charge on any atom is -0.478 e. The zero-order valence-electron chi connectivity index (χ0n) is 20.9.